The van der Waals surface area contributed by atoms with Gasteiger partial charge in [-0.1, -0.05) is 6.92 Å². The van der Waals surface area contributed by atoms with Gasteiger partial charge in [0.2, 0.25) is 0 Å². The average molecular weight is 337 g/mol. The van der Waals surface area contributed by atoms with Gasteiger partial charge in [-0.3, -0.25) is 4.79 Å². The molecule has 0 aliphatic carbocycles. The molecule has 7 heteroatoms. The third kappa shape index (κ3) is 160. The first-order chi connectivity index (χ1) is 9.19. The van der Waals surface area contributed by atoms with Crippen LogP contribution in [0.1, 0.15) is 54.9 Å². The zero-order valence-electron chi connectivity index (χ0n) is 14.2. The summed E-state index contributed by atoms with van der Waals surface area (Å²) in [6, 6.07) is 0. The maximum absolute atomic E-state index is 9.81. The molecule has 0 unspecified atom stereocenters. The molecule has 0 heterocycles. The molecule has 0 aromatic carbocycles. The third-order valence-electron chi connectivity index (χ3n) is 1.04. The Bertz CT molecular complexity index is 275. The van der Waals surface area contributed by atoms with Crippen molar-refractivity contribution in [2.75, 3.05) is 7.11 Å². The van der Waals surface area contributed by atoms with Crippen LogP contribution in [0.25, 0.3) is 0 Å². The van der Waals surface area contributed by atoms with Crippen molar-refractivity contribution in [3.8, 4) is 0 Å². The molecule has 0 amide bonds. The molecule has 0 rings (SSSR count). The van der Waals surface area contributed by atoms with Crippen molar-refractivity contribution in [2.24, 2.45) is 10.2 Å². The second-order valence-corrected chi connectivity index (χ2v) is 3.31. The second kappa shape index (κ2) is 31.2. The van der Waals surface area contributed by atoms with Gasteiger partial charge in [0.15, 0.2) is 0 Å². The Morgan fingerprint density at radius 1 is 0.952 bits per heavy atom. The number of carbonyl (C=O) groups excluding carboxylic acids is 3. The van der Waals surface area contributed by atoms with E-state index in [4.69, 9.17) is 0 Å². The van der Waals surface area contributed by atoms with Crippen LogP contribution < -0.4 is 0 Å². The molecule has 0 spiro atoms. The summed E-state index contributed by atoms with van der Waals surface area (Å²) in [6.45, 7) is 11.2. The van der Waals surface area contributed by atoms with Gasteiger partial charge in [-0.25, -0.2) is 0 Å². The molecular formula is C14H26N2O4V. The SMILES string of the molecule is CC(C)=O.CCC(C)=O.COC(C)=O.C[C-]=NN=[C-]C.[V+2]. The molecule has 0 aliphatic rings. The zero-order valence-corrected chi connectivity index (χ0v) is 15.6. The van der Waals surface area contributed by atoms with Gasteiger partial charge in [0.05, 0.1) is 7.11 Å². The number of Topliss-reactive ketones (excluding diaryl/α,β-unsaturated/α-hetero) is 2. The van der Waals surface area contributed by atoms with Gasteiger partial charge in [-0.2, -0.15) is 13.8 Å². The van der Waals surface area contributed by atoms with Crippen LogP contribution in [-0.4, -0.2) is 37.1 Å². The first kappa shape index (κ1) is 31.9. The maximum Gasteiger partial charge on any atom is 2.00 e. The van der Waals surface area contributed by atoms with Crippen molar-refractivity contribution in [1.29, 1.82) is 0 Å². The van der Waals surface area contributed by atoms with Crippen molar-refractivity contribution in [3.05, 3.63) is 0 Å². The predicted molar refractivity (Wildman–Crippen MR) is 81.2 cm³/mol. The Morgan fingerprint density at radius 3 is 1.19 bits per heavy atom. The van der Waals surface area contributed by atoms with E-state index in [1.807, 2.05) is 6.92 Å². The van der Waals surface area contributed by atoms with E-state index in [9.17, 15) is 14.4 Å². The Balaban J connectivity index is -0.0000000539. The summed E-state index contributed by atoms with van der Waals surface area (Å²) in [4.78, 5) is 28.8. The first-order valence-electron chi connectivity index (χ1n) is 5.93. The summed E-state index contributed by atoms with van der Waals surface area (Å²) >= 11 is 0. The summed E-state index contributed by atoms with van der Waals surface area (Å²) in [5.74, 6) is 0.176. The topological polar surface area (TPSA) is 85.2 Å². The number of nitrogens with zero attached hydrogens (tertiary/aromatic N) is 2. The fourth-order valence-electron chi connectivity index (χ4n) is 0.100. The quantitative estimate of drug-likeness (QED) is 0.335. The number of hydrogen-bond donors (Lipinski definition) is 0. The van der Waals surface area contributed by atoms with Gasteiger partial charge in [-0.15, -0.1) is 0 Å². The number of carbonyl (C=O) groups is 3. The molecule has 0 N–H and O–H groups in total. The minimum absolute atomic E-state index is 0. The van der Waals surface area contributed by atoms with Crippen molar-refractivity contribution >= 4 is 30.0 Å². The molecule has 0 aromatic heterocycles. The van der Waals surface area contributed by atoms with Crippen molar-refractivity contribution in [1.82, 2.24) is 0 Å². The summed E-state index contributed by atoms with van der Waals surface area (Å²) < 4.78 is 4.11. The largest absolute Gasteiger partial charge is 2.00 e. The van der Waals surface area contributed by atoms with E-state index >= 15 is 0 Å². The van der Waals surface area contributed by atoms with E-state index in [2.05, 4.69) is 27.4 Å². The summed E-state index contributed by atoms with van der Waals surface area (Å²) in [5.41, 5.74) is 0. The van der Waals surface area contributed by atoms with Crippen molar-refractivity contribution in [2.45, 2.75) is 54.9 Å². The van der Waals surface area contributed by atoms with Gasteiger partial charge in [0.1, 0.15) is 11.6 Å². The summed E-state index contributed by atoms with van der Waals surface area (Å²) in [7, 11) is 1.35. The molecule has 0 aromatic rings. The standard InChI is InChI=1S/C4H6N2.C4H8O.C3H6O2.C3H6O.V/c1-3-5-6-4-2;1-3-4(2)5;1-3(4)5-2;1-3(2)4;/h1-2H3;3H2,1-2H3;1-2H3;1-2H3;/q-2;;;;+2. The molecule has 6 nitrogen and oxygen atoms in total. The van der Waals surface area contributed by atoms with E-state index in [1.54, 1.807) is 20.8 Å². The fraction of sp³-hybridized carbons (Fsp3) is 0.643. The van der Waals surface area contributed by atoms with Gasteiger partial charge in [0, 0.05) is 13.3 Å². The van der Waals surface area contributed by atoms with Crippen molar-refractivity contribution < 1.29 is 37.7 Å². The van der Waals surface area contributed by atoms with Crippen LogP contribution in [0.15, 0.2) is 10.2 Å². The fourth-order valence-corrected chi connectivity index (χ4v) is 0.100. The first-order valence-corrected chi connectivity index (χ1v) is 5.93. The third-order valence-corrected chi connectivity index (χ3v) is 1.04. The van der Waals surface area contributed by atoms with E-state index in [0.717, 1.165) is 0 Å². The second-order valence-electron chi connectivity index (χ2n) is 3.31. The van der Waals surface area contributed by atoms with Crippen LogP contribution in [0, 0.1) is 0 Å². The molecule has 0 saturated heterocycles. The van der Waals surface area contributed by atoms with Crippen LogP contribution in [0.4, 0.5) is 0 Å². The number of hydrogen-bond acceptors (Lipinski definition) is 6. The Labute approximate surface area is 140 Å². The monoisotopic (exact) mass is 337 g/mol. The smallest absolute Gasteiger partial charge is 0.469 e. The summed E-state index contributed by atoms with van der Waals surface area (Å²) in [6.07, 6.45) is 5.60. The number of ketones is 2. The van der Waals surface area contributed by atoms with E-state index in [1.165, 1.54) is 27.9 Å². The molecule has 0 aliphatic heterocycles. The molecule has 21 heavy (non-hydrogen) atoms. The molecule has 0 saturated carbocycles. The van der Waals surface area contributed by atoms with Crippen LogP contribution in [0.2, 0.25) is 0 Å². The normalized spacial score (nSPS) is 8.00. The molecule has 0 atom stereocenters. The zero-order chi connectivity index (χ0) is 17.0. The predicted octanol–water partition coefficient (Wildman–Crippen LogP) is 2.59. The Hall–Kier alpha value is -1.27. The summed E-state index contributed by atoms with van der Waals surface area (Å²) in [5, 5.41) is 6.71. The van der Waals surface area contributed by atoms with E-state index in [0.29, 0.717) is 6.42 Å². The molecule has 121 valence electrons. The molecule has 0 fully saturated rings. The van der Waals surface area contributed by atoms with Crippen molar-refractivity contribution in [3.63, 3.8) is 0 Å². The minimum Gasteiger partial charge on any atom is -0.469 e. The van der Waals surface area contributed by atoms with Crippen LogP contribution in [0.5, 0.6) is 0 Å². The van der Waals surface area contributed by atoms with Crippen LogP contribution in [0.3, 0.4) is 0 Å². The maximum atomic E-state index is 9.81. The molecule has 1 radical (unpaired) electrons. The molecular weight excluding hydrogens is 311 g/mol. The number of methoxy groups -OCH3 is 1. The number of rotatable bonds is 2. The minimum atomic E-state index is -0.245. The van der Waals surface area contributed by atoms with Gasteiger partial charge >= 0.3 is 24.5 Å². The van der Waals surface area contributed by atoms with E-state index < -0.39 is 0 Å². The van der Waals surface area contributed by atoms with Crippen LogP contribution in [-0.2, 0) is 37.7 Å². The number of ether oxygens (including phenoxy) is 1. The van der Waals surface area contributed by atoms with Gasteiger partial charge in [0.25, 0.3) is 0 Å². The Morgan fingerprint density at radius 2 is 1.14 bits per heavy atom. The van der Waals surface area contributed by atoms with Gasteiger partial charge < -0.3 is 37.0 Å². The molecule has 0 bridgehead atoms. The van der Waals surface area contributed by atoms with Crippen LogP contribution >= 0.6 is 0 Å². The van der Waals surface area contributed by atoms with Gasteiger partial charge in [-0.05, 0) is 20.8 Å². The van der Waals surface area contributed by atoms with E-state index in [-0.39, 0.29) is 36.1 Å². The number of esters is 1. The average Bonchev–Trinajstić information content (AvgIpc) is 2.37. The Kier molecular flexibility index (Phi) is 47.5.